The molecule has 1 aromatic heterocycles. The van der Waals surface area contributed by atoms with Crippen molar-refractivity contribution in [2.24, 2.45) is 5.73 Å². The fraction of sp³-hybridized carbons (Fsp3) is 0.0606. The number of hydrogen-bond acceptors (Lipinski definition) is 2. The number of carbonyl (C=O) groups excluding carboxylic acids is 1. The van der Waals surface area contributed by atoms with Gasteiger partial charge in [-0.05, 0) is 47.5 Å². The van der Waals surface area contributed by atoms with E-state index in [2.05, 4.69) is 16.7 Å². The highest BCUT2D eigenvalue weighted by molar-refractivity contribution is 6.36. The van der Waals surface area contributed by atoms with Gasteiger partial charge in [0.15, 0.2) is 0 Å². The predicted molar refractivity (Wildman–Crippen MR) is 160 cm³/mol. The Morgan fingerprint density at radius 3 is 2.38 bits per heavy atom. The van der Waals surface area contributed by atoms with Crippen molar-refractivity contribution >= 4 is 50.9 Å². The Hall–Kier alpha value is -4.25. The Labute approximate surface area is 236 Å². The molecule has 0 atom stereocenters. The van der Waals surface area contributed by atoms with E-state index in [1.165, 1.54) is 0 Å². The Morgan fingerprint density at radius 1 is 0.795 bits per heavy atom. The van der Waals surface area contributed by atoms with Gasteiger partial charge < -0.3 is 15.0 Å². The maximum Gasteiger partial charge on any atom is 0.249 e. The minimum atomic E-state index is -0.462. The van der Waals surface area contributed by atoms with Crippen molar-refractivity contribution in [3.05, 3.63) is 136 Å². The van der Waals surface area contributed by atoms with Crippen LogP contribution in [0.25, 0.3) is 32.9 Å². The highest BCUT2D eigenvalue weighted by atomic mass is 35.5. The van der Waals surface area contributed by atoms with E-state index in [9.17, 15) is 4.79 Å². The maximum absolute atomic E-state index is 12.4. The first-order valence-electron chi connectivity index (χ1n) is 12.5. The first-order valence-corrected chi connectivity index (χ1v) is 13.3. The number of ether oxygens (including phenoxy) is 1. The van der Waals surface area contributed by atoms with Crippen LogP contribution < -0.4 is 10.5 Å². The van der Waals surface area contributed by atoms with E-state index in [4.69, 9.17) is 33.7 Å². The highest BCUT2D eigenvalue weighted by Crippen LogP contribution is 2.38. The minimum absolute atomic E-state index is 0.462. The number of amides is 1. The van der Waals surface area contributed by atoms with E-state index in [1.54, 1.807) is 12.1 Å². The molecule has 6 aromatic rings. The third kappa shape index (κ3) is 4.85. The summed E-state index contributed by atoms with van der Waals surface area (Å²) in [5.74, 6) is 0.343. The Morgan fingerprint density at radius 2 is 1.59 bits per heavy atom. The molecule has 0 fully saturated rings. The normalized spacial score (nSPS) is 11.2. The average Bonchev–Trinajstić information content (AvgIpc) is 3.26. The van der Waals surface area contributed by atoms with Crippen LogP contribution in [-0.2, 0) is 13.2 Å². The first-order chi connectivity index (χ1) is 19.0. The van der Waals surface area contributed by atoms with Gasteiger partial charge >= 0.3 is 0 Å². The topological polar surface area (TPSA) is 57.2 Å². The third-order valence-electron chi connectivity index (χ3n) is 6.94. The van der Waals surface area contributed by atoms with Crippen molar-refractivity contribution in [1.82, 2.24) is 4.57 Å². The third-order valence-corrected chi connectivity index (χ3v) is 7.48. The van der Waals surface area contributed by atoms with Gasteiger partial charge in [-0.25, -0.2) is 0 Å². The summed E-state index contributed by atoms with van der Waals surface area (Å²) >= 11 is 12.7. The largest absolute Gasteiger partial charge is 0.489 e. The van der Waals surface area contributed by atoms with Crippen LogP contribution in [0, 0.1) is 0 Å². The summed E-state index contributed by atoms with van der Waals surface area (Å²) in [7, 11) is 0. The molecule has 0 saturated heterocycles. The standard InChI is InChI=1S/C33H24Cl2N2O2/c34-24-14-16-25(28(35)18-24)22-13-15-26-30(17-22)37(29-11-6-10-27(32(26)29)33(36)38)19-23-9-4-5-12-31(23)39-20-21-7-2-1-3-8-21/h1-18H,19-20H2,(H2,36,38). The number of primary amides is 1. The van der Waals surface area contributed by atoms with E-state index < -0.39 is 5.91 Å². The lowest BCUT2D eigenvalue weighted by atomic mass is 10.0. The minimum Gasteiger partial charge on any atom is -0.489 e. The van der Waals surface area contributed by atoms with Crippen molar-refractivity contribution in [1.29, 1.82) is 0 Å². The summed E-state index contributed by atoms with van der Waals surface area (Å²) in [6, 6.07) is 35.4. The number of halogens is 2. The fourth-order valence-corrected chi connectivity index (χ4v) is 5.61. The van der Waals surface area contributed by atoms with Crippen LogP contribution in [0.4, 0.5) is 0 Å². The summed E-state index contributed by atoms with van der Waals surface area (Å²) in [4.78, 5) is 12.4. The second-order valence-corrected chi connectivity index (χ2v) is 10.2. The maximum atomic E-state index is 12.4. The number of nitrogens with two attached hydrogens (primary N) is 1. The number of benzene rings is 5. The molecule has 1 amide bonds. The van der Waals surface area contributed by atoms with Crippen LogP contribution in [0.5, 0.6) is 5.75 Å². The molecule has 4 nitrogen and oxygen atoms in total. The number of nitrogens with zero attached hydrogens (tertiary/aromatic N) is 1. The van der Waals surface area contributed by atoms with Gasteiger partial charge in [0, 0.05) is 37.5 Å². The number of rotatable bonds is 7. The second-order valence-electron chi connectivity index (χ2n) is 9.39. The van der Waals surface area contributed by atoms with Gasteiger partial charge in [0.25, 0.3) is 0 Å². The Bertz CT molecular complexity index is 1840. The predicted octanol–water partition coefficient (Wildman–Crippen LogP) is 8.49. The number of aromatic nitrogens is 1. The average molecular weight is 551 g/mol. The van der Waals surface area contributed by atoms with E-state index in [1.807, 2.05) is 84.9 Å². The molecule has 0 bridgehead atoms. The molecule has 39 heavy (non-hydrogen) atoms. The van der Waals surface area contributed by atoms with Gasteiger partial charge in [0.05, 0.1) is 17.6 Å². The lowest BCUT2D eigenvalue weighted by Gasteiger charge is -2.14. The van der Waals surface area contributed by atoms with Crippen LogP contribution in [0.3, 0.4) is 0 Å². The summed E-state index contributed by atoms with van der Waals surface area (Å²) < 4.78 is 8.46. The molecular formula is C33H24Cl2N2O2. The molecule has 6 heteroatoms. The van der Waals surface area contributed by atoms with Crippen LogP contribution >= 0.6 is 23.2 Å². The molecule has 192 valence electrons. The SMILES string of the molecule is NC(=O)c1cccc2c1c1ccc(-c3ccc(Cl)cc3Cl)cc1n2Cc1ccccc1OCc1ccccc1. The van der Waals surface area contributed by atoms with Crippen molar-refractivity contribution in [3.63, 3.8) is 0 Å². The first kappa shape index (κ1) is 25.1. The quantitative estimate of drug-likeness (QED) is 0.216. The van der Waals surface area contributed by atoms with Crippen molar-refractivity contribution in [2.75, 3.05) is 0 Å². The van der Waals surface area contributed by atoms with E-state index in [-0.39, 0.29) is 0 Å². The van der Waals surface area contributed by atoms with E-state index in [0.29, 0.717) is 28.8 Å². The van der Waals surface area contributed by atoms with Gasteiger partial charge in [-0.2, -0.15) is 0 Å². The zero-order valence-electron chi connectivity index (χ0n) is 20.9. The zero-order valence-corrected chi connectivity index (χ0v) is 22.4. The van der Waals surface area contributed by atoms with Crippen molar-refractivity contribution in [2.45, 2.75) is 13.2 Å². The van der Waals surface area contributed by atoms with Gasteiger partial charge in [-0.3, -0.25) is 4.79 Å². The van der Waals surface area contributed by atoms with Crippen LogP contribution in [0.15, 0.2) is 109 Å². The summed E-state index contributed by atoms with van der Waals surface area (Å²) in [5, 5.41) is 2.92. The lowest BCUT2D eigenvalue weighted by molar-refractivity contribution is 0.100. The molecule has 1 heterocycles. The zero-order chi connectivity index (χ0) is 26.9. The van der Waals surface area contributed by atoms with Crippen molar-refractivity contribution < 1.29 is 9.53 Å². The molecule has 0 radical (unpaired) electrons. The number of hydrogen-bond donors (Lipinski definition) is 1. The van der Waals surface area contributed by atoms with Gasteiger partial charge in [-0.1, -0.05) is 96.0 Å². The molecular weight excluding hydrogens is 527 g/mol. The van der Waals surface area contributed by atoms with Gasteiger partial charge in [0.2, 0.25) is 5.91 Å². The highest BCUT2D eigenvalue weighted by Gasteiger charge is 2.19. The van der Waals surface area contributed by atoms with E-state index in [0.717, 1.165) is 49.8 Å². The molecule has 5 aromatic carbocycles. The monoisotopic (exact) mass is 550 g/mol. The lowest BCUT2D eigenvalue weighted by Crippen LogP contribution is -2.11. The van der Waals surface area contributed by atoms with Gasteiger partial charge in [0.1, 0.15) is 12.4 Å². The number of fused-ring (bicyclic) bond motifs is 3. The summed E-state index contributed by atoms with van der Waals surface area (Å²) in [5.41, 5.74) is 12.1. The van der Waals surface area contributed by atoms with Crippen LogP contribution in [0.2, 0.25) is 10.0 Å². The Balaban J connectivity index is 1.50. The van der Waals surface area contributed by atoms with Crippen LogP contribution in [0.1, 0.15) is 21.5 Å². The molecule has 0 aliphatic carbocycles. The van der Waals surface area contributed by atoms with Crippen LogP contribution in [-0.4, -0.2) is 10.5 Å². The smallest absolute Gasteiger partial charge is 0.249 e. The van der Waals surface area contributed by atoms with E-state index >= 15 is 0 Å². The molecule has 0 unspecified atom stereocenters. The summed E-state index contributed by atoms with van der Waals surface area (Å²) in [6.45, 7) is 1.00. The Kier molecular flexibility index (Phi) is 6.74. The molecule has 0 aliphatic heterocycles. The molecule has 0 saturated carbocycles. The molecule has 0 spiro atoms. The fourth-order valence-electron chi connectivity index (χ4n) is 5.09. The number of carbonyl (C=O) groups is 1. The molecule has 0 aliphatic rings. The molecule has 2 N–H and O–H groups in total. The summed E-state index contributed by atoms with van der Waals surface area (Å²) in [6.07, 6.45) is 0. The second kappa shape index (κ2) is 10.5. The molecule has 6 rings (SSSR count). The van der Waals surface area contributed by atoms with Crippen molar-refractivity contribution in [3.8, 4) is 16.9 Å². The number of para-hydroxylation sites is 1. The van der Waals surface area contributed by atoms with Gasteiger partial charge in [-0.15, -0.1) is 0 Å².